The molecule has 1 aromatic rings. The van der Waals surface area contributed by atoms with Crippen molar-refractivity contribution in [2.24, 2.45) is 0 Å². The number of anilines is 2. The van der Waals surface area contributed by atoms with Crippen molar-refractivity contribution in [1.29, 1.82) is 0 Å². The number of fused-ring (bicyclic) bond motifs is 1. The molecule has 0 saturated carbocycles. The molecule has 0 spiro atoms. The first-order chi connectivity index (χ1) is 7.56. The number of hydrogen-bond donors (Lipinski definition) is 2. The minimum absolute atomic E-state index is 0.119. The molecule has 2 rings (SSSR count). The molecule has 16 heavy (non-hydrogen) atoms. The zero-order valence-electron chi connectivity index (χ0n) is 9.33. The van der Waals surface area contributed by atoms with Gasteiger partial charge in [0.2, 0.25) is 11.8 Å². The van der Waals surface area contributed by atoms with E-state index in [9.17, 15) is 9.59 Å². The van der Waals surface area contributed by atoms with Crippen molar-refractivity contribution >= 4 is 23.2 Å². The van der Waals surface area contributed by atoms with Gasteiger partial charge in [0.1, 0.15) is 6.42 Å². The van der Waals surface area contributed by atoms with Crippen molar-refractivity contribution in [3.63, 3.8) is 0 Å². The number of amides is 2. The van der Waals surface area contributed by atoms with Gasteiger partial charge in [-0.2, -0.15) is 0 Å². The van der Waals surface area contributed by atoms with Gasteiger partial charge in [-0.3, -0.25) is 9.59 Å². The molecule has 4 heteroatoms. The van der Waals surface area contributed by atoms with E-state index < -0.39 is 0 Å². The Kier molecular flexibility index (Phi) is 2.64. The van der Waals surface area contributed by atoms with E-state index in [-0.39, 0.29) is 18.2 Å². The Balaban J connectivity index is 2.42. The fourth-order valence-electron chi connectivity index (χ4n) is 1.67. The first-order valence-corrected chi connectivity index (χ1v) is 5.30. The van der Waals surface area contributed by atoms with Crippen LogP contribution < -0.4 is 10.6 Å². The number of nitrogens with one attached hydrogen (secondary N) is 2. The first kappa shape index (κ1) is 10.7. The molecule has 1 aliphatic rings. The molecule has 1 aromatic carbocycles. The van der Waals surface area contributed by atoms with Crippen LogP contribution in [-0.2, 0) is 9.59 Å². The van der Waals surface area contributed by atoms with Crippen LogP contribution in [0.1, 0.15) is 31.7 Å². The monoisotopic (exact) mass is 218 g/mol. The summed E-state index contributed by atoms with van der Waals surface area (Å²) in [6.45, 7) is 4.16. The molecular weight excluding hydrogens is 204 g/mol. The molecule has 4 nitrogen and oxygen atoms in total. The molecule has 0 aliphatic carbocycles. The molecule has 0 atom stereocenters. The molecular formula is C12H14N2O2. The third kappa shape index (κ3) is 2.05. The summed E-state index contributed by atoms with van der Waals surface area (Å²) in [6.07, 6.45) is -0.119. The quantitative estimate of drug-likeness (QED) is 0.709. The average Bonchev–Trinajstić information content (AvgIpc) is 2.32. The summed E-state index contributed by atoms with van der Waals surface area (Å²) in [5, 5.41) is 5.42. The maximum Gasteiger partial charge on any atom is 0.233 e. The summed E-state index contributed by atoms with van der Waals surface area (Å²) >= 11 is 0. The lowest BCUT2D eigenvalue weighted by molar-refractivity contribution is -0.123. The first-order valence-electron chi connectivity index (χ1n) is 5.30. The largest absolute Gasteiger partial charge is 0.324 e. The van der Waals surface area contributed by atoms with Gasteiger partial charge in [-0.25, -0.2) is 0 Å². The third-order valence-corrected chi connectivity index (χ3v) is 2.58. The van der Waals surface area contributed by atoms with Gasteiger partial charge in [0, 0.05) is 0 Å². The van der Waals surface area contributed by atoms with Gasteiger partial charge in [-0.1, -0.05) is 19.9 Å². The zero-order valence-corrected chi connectivity index (χ0v) is 9.33. The van der Waals surface area contributed by atoms with Gasteiger partial charge in [-0.15, -0.1) is 0 Å². The van der Waals surface area contributed by atoms with E-state index in [4.69, 9.17) is 0 Å². The predicted molar refractivity (Wildman–Crippen MR) is 62.4 cm³/mol. The van der Waals surface area contributed by atoms with E-state index in [1.54, 1.807) is 0 Å². The SMILES string of the molecule is CC(C)c1ccc2c(c1)NC(=O)CC(=O)N2. The predicted octanol–water partition coefficient (Wildman–Crippen LogP) is 2.09. The minimum atomic E-state index is -0.270. The maximum atomic E-state index is 11.4. The number of carbonyl (C=O) groups is 2. The van der Waals surface area contributed by atoms with Crippen molar-refractivity contribution in [2.45, 2.75) is 26.2 Å². The summed E-state index contributed by atoms with van der Waals surface area (Å²) in [6, 6.07) is 5.69. The van der Waals surface area contributed by atoms with Crippen LogP contribution in [-0.4, -0.2) is 11.8 Å². The van der Waals surface area contributed by atoms with Crippen LogP contribution in [0.5, 0.6) is 0 Å². The summed E-state index contributed by atoms with van der Waals surface area (Å²) in [4.78, 5) is 22.7. The van der Waals surface area contributed by atoms with E-state index >= 15 is 0 Å². The third-order valence-electron chi connectivity index (χ3n) is 2.58. The summed E-state index contributed by atoms with van der Waals surface area (Å²) in [7, 11) is 0. The van der Waals surface area contributed by atoms with Gasteiger partial charge in [0.25, 0.3) is 0 Å². The molecule has 2 N–H and O–H groups in total. The number of benzene rings is 1. The Bertz CT molecular complexity index is 452. The van der Waals surface area contributed by atoms with E-state index in [0.717, 1.165) is 5.56 Å². The smallest absolute Gasteiger partial charge is 0.233 e. The van der Waals surface area contributed by atoms with Crippen LogP contribution in [0.2, 0.25) is 0 Å². The molecule has 2 amide bonds. The highest BCUT2D eigenvalue weighted by atomic mass is 16.2. The molecule has 1 aliphatic heterocycles. The fraction of sp³-hybridized carbons (Fsp3) is 0.333. The normalized spacial score (nSPS) is 15.2. The summed E-state index contributed by atoms with van der Waals surface area (Å²) in [5.41, 5.74) is 2.48. The Morgan fingerprint density at radius 3 is 2.31 bits per heavy atom. The van der Waals surface area contributed by atoms with Gasteiger partial charge >= 0.3 is 0 Å². The van der Waals surface area contributed by atoms with Crippen LogP contribution >= 0.6 is 0 Å². The highest BCUT2D eigenvalue weighted by Gasteiger charge is 2.18. The number of carbonyl (C=O) groups excluding carboxylic acids is 2. The minimum Gasteiger partial charge on any atom is -0.324 e. The molecule has 0 bridgehead atoms. The van der Waals surface area contributed by atoms with Gasteiger partial charge in [0.15, 0.2) is 0 Å². The van der Waals surface area contributed by atoms with Crippen molar-refractivity contribution in [2.75, 3.05) is 10.6 Å². The number of rotatable bonds is 1. The summed E-state index contributed by atoms with van der Waals surface area (Å²) in [5.74, 6) is -0.146. The lowest BCUT2D eigenvalue weighted by Crippen LogP contribution is -2.16. The van der Waals surface area contributed by atoms with Crippen LogP contribution in [0.3, 0.4) is 0 Å². The molecule has 0 saturated heterocycles. The van der Waals surface area contributed by atoms with Gasteiger partial charge in [0.05, 0.1) is 11.4 Å². The van der Waals surface area contributed by atoms with Gasteiger partial charge < -0.3 is 10.6 Å². The van der Waals surface area contributed by atoms with Crippen LogP contribution in [0.25, 0.3) is 0 Å². The molecule has 0 fully saturated rings. The average molecular weight is 218 g/mol. The second kappa shape index (κ2) is 3.96. The number of hydrogen-bond acceptors (Lipinski definition) is 2. The van der Waals surface area contributed by atoms with Crippen LogP contribution in [0, 0.1) is 0 Å². The van der Waals surface area contributed by atoms with E-state index in [0.29, 0.717) is 17.3 Å². The topological polar surface area (TPSA) is 58.2 Å². The summed E-state index contributed by atoms with van der Waals surface area (Å²) < 4.78 is 0. The standard InChI is InChI=1S/C12H14N2O2/c1-7(2)8-3-4-9-10(5-8)14-12(16)6-11(15)13-9/h3-5,7H,6H2,1-2H3,(H,13,15)(H,14,16). The molecule has 0 unspecified atom stereocenters. The second-order valence-corrected chi connectivity index (χ2v) is 4.23. The van der Waals surface area contributed by atoms with E-state index in [1.165, 1.54) is 0 Å². The van der Waals surface area contributed by atoms with Crippen molar-refractivity contribution in [3.05, 3.63) is 23.8 Å². The Morgan fingerprint density at radius 2 is 1.69 bits per heavy atom. The zero-order chi connectivity index (χ0) is 11.7. The Morgan fingerprint density at radius 1 is 1.06 bits per heavy atom. The molecule has 0 aromatic heterocycles. The Hall–Kier alpha value is -1.84. The molecule has 0 radical (unpaired) electrons. The highest BCUT2D eigenvalue weighted by molar-refractivity contribution is 6.13. The lowest BCUT2D eigenvalue weighted by Gasteiger charge is -2.11. The van der Waals surface area contributed by atoms with Crippen LogP contribution in [0.4, 0.5) is 11.4 Å². The molecule has 1 heterocycles. The highest BCUT2D eigenvalue weighted by Crippen LogP contribution is 2.28. The molecule has 84 valence electrons. The lowest BCUT2D eigenvalue weighted by atomic mass is 10.0. The fourth-order valence-corrected chi connectivity index (χ4v) is 1.67. The van der Waals surface area contributed by atoms with Crippen molar-refractivity contribution < 1.29 is 9.59 Å². The van der Waals surface area contributed by atoms with E-state index in [2.05, 4.69) is 24.5 Å². The van der Waals surface area contributed by atoms with E-state index in [1.807, 2.05) is 18.2 Å². The Labute approximate surface area is 94.0 Å². The van der Waals surface area contributed by atoms with Gasteiger partial charge in [-0.05, 0) is 23.6 Å². The van der Waals surface area contributed by atoms with Crippen molar-refractivity contribution in [3.8, 4) is 0 Å². The second-order valence-electron chi connectivity index (χ2n) is 4.23. The van der Waals surface area contributed by atoms with Crippen molar-refractivity contribution in [1.82, 2.24) is 0 Å². The maximum absolute atomic E-state index is 11.4. The van der Waals surface area contributed by atoms with Crippen LogP contribution in [0.15, 0.2) is 18.2 Å².